The van der Waals surface area contributed by atoms with Gasteiger partial charge in [0.2, 0.25) is 0 Å². The van der Waals surface area contributed by atoms with Crippen LogP contribution in [0.25, 0.3) is 11.1 Å². The van der Waals surface area contributed by atoms with Crippen LogP contribution in [0.3, 0.4) is 0 Å². The molecule has 2 aromatic rings. The molecular formula is C19H17ClF3NO3. The zero-order chi connectivity index (χ0) is 20.0. The van der Waals surface area contributed by atoms with Gasteiger partial charge in [0.1, 0.15) is 11.9 Å². The van der Waals surface area contributed by atoms with Crippen molar-refractivity contribution in [1.82, 2.24) is 0 Å². The van der Waals surface area contributed by atoms with Crippen LogP contribution in [-0.4, -0.2) is 12.5 Å². The Kier molecular flexibility index (Phi) is 4.76. The fourth-order valence-electron chi connectivity index (χ4n) is 3.45. The number of rotatable bonds is 3. The van der Waals surface area contributed by atoms with Crippen molar-refractivity contribution in [3.63, 3.8) is 0 Å². The molecule has 27 heavy (non-hydrogen) atoms. The van der Waals surface area contributed by atoms with Crippen LogP contribution in [0.15, 0.2) is 36.4 Å². The number of hydrogen-bond donors (Lipinski definition) is 1. The highest BCUT2D eigenvalue weighted by molar-refractivity contribution is 6.33. The Morgan fingerprint density at radius 1 is 1.22 bits per heavy atom. The zero-order valence-electron chi connectivity index (χ0n) is 14.6. The Labute approximate surface area is 159 Å². The van der Waals surface area contributed by atoms with Crippen molar-refractivity contribution in [2.24, 2.45) is 11.1 Å². The maximum atomic E-state index is 12.5. The molecule has 0 saturated carbocycles. The van der Waals surface area contributed by atoms with Gasteiger partial charge in [0.15, 0.2) is 0 Å². The minimum Gasteiger partial charge on any atom is -0.441 e. The summed E-state index contributed by atoms with van der Waals surface area (Å²) in [6, 6.07) is 9.09. The highest BCUT2D eigenvalue weighted by Gasteiger charge is 2.41. The van der Waals surface area contributed by atoms with Crippen LogP contribution in [0.4, 0.5) is 18.0 Å². The summed E-state index contributed by atoms with van der Waals surface area (Å²) in [4.78, 5) is 11.2. The second-order valence-electron chi connectivity index (χ2n) is 7.09. The van der Waals surface area contributed by atoms with Gasteiger partial charge in [0, 0.05) is 16.0 Å². The van der Waals surface area contributed by atoms with Crippen molar-refractivity contribution in [2.45, 2.75) is 32.7 Å². The Bertz CT molecular complexity index is 896. The summed E-state index contributed by atoms with van der Waals surface area (Å²) in [6.07, 6.45) is -5.52. The first-order valence-electron chi connectivity index (χ1n) is 8.11. The van der Waals surface area contributed by atoms with Gasteiger partial charge >= 0.3 is 12.5 Å². The minimum absolute atomic E-state index is 0.298. The van der Waals surface area contributed by atoms with Crippen LogP contribution < -0.4 is 10.5 Å². The topological polar surface area (TPSA) is 61.6 Å². The van der Waals surface area contributed by atoms with E-state index in [1.54, 1.807) is 12.1 Å². The molecule has 1 unspecified atom stereocenters. The van der Waals surface area contributed by atoms with Gasteiger partial charge in [-0.3, -0.25) is 0 Å². The summed E-state index contributed by atoms with van der Waals surface area (Å²) in [5, 5.41) is 0.298. The summed E-state index contributed by atoms with van der Waals surface area (Å²) in [7, 11) is 0. The first-order valence-corrected chi connectivity index (χ1v) is 8.49. The normalized spacial score (nSPS) is 18.1. The lowest BCUT2D eigenvalue weighted by Crippen LogP contribution is -2.25. The molecule has 0 fully saturated rings. The lowest BCUT2D eigenvalue weighted by molar-refractivity contribution is -0.274. The van der Waals surface area contributed by atoms with Crippen molar-refractivity contribution in [1.29, 1.82) is 0 Å². The Hall–Kier alpha value is -2.41. The molecule has 0 heterocycles. The summed E-state index contributed by atoms with van der Waals surface area (Å²) in [5.74, 6) is -0.349. The third-order valence-electron chi connectivity index (χ3n) is 4.50. The van der Waals surface area contributed by atoms with E-state index in [1.807, 2.05) is 19.9 Å². The van der Waals surface area contributed by atoms with E-state index in [4.69, 9.17) is 22.1 Å². The summed E-state index contributed by atoms with van der Waals surface area (Å²) < 4.78 is 46.7. The molecule has 8 heteroatoms. The van der Waals surface area contributed by atoms with Gasteiger partial charge in [-0.25, -0.2) is 4.79 Å². The molecule has 0 aromatic heterocycles. The zero-order valence-corrected chi connectivity index (χ0v) is 15.3. The molecule has 2 aromatic carbocycles. The first kappa shape index (κ1) is 19.4. The molecule has 1 aliphatic carbocycles. The predicted molar refractivity (Wildman–Crippen MR) is 94.5 cm³/mol. The number of benzene rings is 2. The van der Waals surface area contributed by atoms with Crippen LogP contribution in [-0.2, 0) is 11.2 Å². The van der Waals surface area contributed by atoms with Crippen molar-refractivity contribution < 1.29 is 27.4 Å². The Morgan fingerprint density at radius 2 is 1.93 bits per heavy atom. The smallest absolute Gasteiger partial charge is 0.441 e. The Morgan fingerprint density at radius 3 is 2.56 bits per heavy atom. The maximum Gasteiger partial charge on any atom is 0.573 e. The van der Waals surface area contributed by atoms with Gasteiger partial charge in [-0.05, 0) is 41.3 Å². The number of halogens is 4. The fourth-order valence-corrected chi connectivity index (χ4v) is 3.68. The van der Waals surface area contributed by atoms with Crippen molar-refractivity contribution in [3.05, 3.63) is 52.5 Å². The number of carbonyl (C=O) groups excluding carboxylic acids is 1. The van der Waals surface area contributed by atoms with Crippen LogP contribution in [0.2, 0.25) is 5.02 Å². The molecule has 0 bridgehead atoms. The summed E-state index contributed by atoms with van der Waals surface area (Å²) in [6.45, 7) is 3.90. The van der Waals surface area contributed by atoms with Gasteiger partial charge in [0.25, 0.3) is 0 Å². The van der Waals surface area contributed by atoms with Crippen LogP contribution in [0.1, 0.15) is 31.1 Å². The minimum atomic E-state index is -4.79. The van der Waals surface area contributed by atoms with Crippen molar-refractivity contribution in [2.75, 3.05) is 0 Å². The molecular weight excluding hydrogens is 383 g/mol. The number of ether oxygens (including phenoxy) is 2. The van der Waals surface area contributed by atoms with E-state index < -0.39 is 18.6 Å². The van der Waals surface area contributed by atoms with E-state index in [-0.39, 0.29) is 11.2 Å². The second-order valence-corrected chi connectivity index (χ2v) is 7.49. The number of nitrogens with two attached hydrogens (primary N) is 1. The highest BCUT2D eigenvalue weighted by atomic mass is 35.5. The largest absolute Gasteiger partial charge is 0.573 e. The Balaban J connectivity index is 1.99. The number of carbonyl (C=O) groups is 1. The molecule has 144 valence electrons. The van der Waals surface area contributed by atoms with E-state index in [2.05, 4.69) is 4.74 Å². The molecule has 2 N–H and O–H groups in total. The number of amides is 1. The fraction of sp³-hybridized carbons (Fsp3) is 0.316. The van der Waals surface area contributed by atoms with Gasteiger partial charge < -0.3 is 15.2 Å². The molecule has 0 spiro atoms. The number of alkyl halides is 3. The lowest BCUT2D eigenvalue weighted by atomic mass is 9.87. The summed E-state index contributed by atoms with van der Waals surface area (Å²) >= 11 is 6.18. The third kappa shape index (κ3) is 4.13. The molecule has 3 rings (SSSR count). The van der Waals surface area contributed by atoms with Crippen LogP contribution >= 0.6 is 11.6 Å². The van der Waals surface area contributed by atoms with E-state index in [9.17, 15) is 18.0 Å². The molecule has 0 radical (unpaired) electrons. The number of primary amides is 1. The molecule has 1 amide bonds. The van der Waals surface area contributed by atoms with Gasteiger partial charge in [-0.15, -0.1) is 13.2 Å². The molecule has 1 atom stereocenters. The second kappa shape index (κ2) is 6.64. The lowest BCUT2D eigenvalue weighted by Gasteiger charge is -2.26. The molecule has 0 saturated heterocycles. The highest BCUT2D eigenvalue weighted by Crippen LogP contribution is 2.48. The number of hydrogen-bond acceptors (Lipinski definition) is 3. The van der Waals surface area contributed by atoms with Crippen LogP contribution in [0.5, 0.6) is 5.75 Å². The summed E-state index contributed by atoms with van der Waals surface area (Å²) in [5.41, 5.74) is 7.61. The van der Waals surface area contributed by atoms with E-state index >= 15 is 0 Å². The standard InChI is InChI=1S/C19H17ClF3NO3/c1-18(2)9-11-7-10(3-5-13(11)16(18)26-17(24)25)14-8-12(4-6-15(14)20)27-19(21,22)23/h3-8,16H,9H2,1-2H3,(H2,24,25). The first-order chi connectivity index (χ1) is 12.5. The third-order valence-corrected chi connectivity index (χ3v) is 4.83. The van der Waals surface area contributed by atoms with Gasteiger partial charge in [-0.2, -0.15) is 0 Å². The molecule has 1 aliphatic rings. The van der Waals surface area contributed by atoms with Crippen molar-refractivity contribution >= 4 is 17.7 Å². The average Bonchev–Trinajstić information content (AvgIpc) is 2.77. The quantitative estimate of drug-likeness (QED) is 0.728. The molecule has 4 nitrogen and oxygen atoms in total. The monoisotopic (exact) mass is 399 g/mol. The number of fused-ring (bicyclic) bond motifs is 1. The van der Waals surface area contributed by atoms with Gasteiger partial charge in [-0.1, -0.05) is 43.6 Å². The average molecular weight is 400 g/mol. The van der Waals surface area contributed by atoms with E-state index in [1.165, 1.54) is 12.1 Å². The van der Waals surface area contributed by atoms with Crippen LogP contribution in [0, 0.1) is 5.41 Å². The van der Waals surface area contributed by atoms with E-state index in [0.29, 0.717) is 22.6 Å². The maximum absolute atomic E-state index is 12.5. The predicted octanol–water partition coefficient (Wildman–Crippen LogP) is 5.62. The molecule has 0 aliphatic heterocycles. The van der Waals surface area contributed by atoms with Gasteiger partial charge in [0.05, 0.1) is 0 Å². The SMILES string of the molecule is CC1(C)Cc2cc(-c3cc(OC(F)(F)F)ccc3Cl)ccc2C1OC(N)=O. The van der Waals surface area contributed by atoms with E-state index in [0.717, 1.165) is 17.2 Å². The van der Waals surface area contributed by atoms with Crippen molar-refractivity contribution in [3.8, 4) is 16.9 Å².